The molecule has 44 valence electrons. The lowest BCUT2D eigenvalue weighted by Crippen LogP contribution is -1.96. The maximum absolute atomic E-state index is 4.14. The number of aliphatic imine (C=N–C) groups is 1. The first-order valence-electron chi connectivity index (χ1n) is 2.66. The second-order valence-electron chi connectivity index (χ2n) is 1.89. The monoisotopic (exact) mass is 127 g/mol. The van der Waals surface area contributed by atoms with Gasteiger partial charge in [-0.3, -0.25) is 4.99 Å². The molecule has 0 fully saturated rings. The van der Waals surface area contributed by atoms with Crippen LogP contribution >= 0.6 is 11.8 Å². The molecule has 0 radical (unpaired) electrons. The molecule has 0 saturated heterocycles. The molecule has 1 rings (SSSR count). The van der Waals surface area contributed by atoms with Gasteiger partial charge in [-0.25, -0.2) is 0 Å². The smallest absolute Gasteiger partial charge is 0.0668 e. The Morgan fingerprint density at radius 2 is 2.50 bits per heavy atom. The van der Waals surface area contributed by atoms with Crippen molar-refractivity contribution in [2.24, 2.45) is 4.99 Å². The number of nitrogens with zero attached hydrogens (tertiary/aromatic N) is 1. The fourth-order valence-corrected chi connectivity index (χ4v) is 1.33. The molecule has 0 saturated carbocycles. The van der Waals surface area contributed by atoms with Crippen LogP contribution in [0.15, 0.2) is 16.0 Å². The minimum atomic E-state index is 0.399. The molecule has 0 aromatic carbocycles. The van der Waals surface area contributed by atoms with E-state index in [1.165, 1.54) is 4.91 Å². The minimum Gasteiger partial charge on any atom is -0.279 e. The minimum absolute atomic E-state index is 0.399. The molecule has 1 unspecified atom stereocenters. The molecule has 8 heavy (non-hydrogen) atoms. The van der Waals surface area contributed by atoms with Crippen LogP contribution in [0, 0.1) is 0 Å². The van der Waals surface area contributed by atoms with Gasteiger partial charge in [-0.15, -0.1) is 0 Å². The highest BCUT2D eigenvalue weighted by Gasteiger charge is 1.98. The van der Waals surface area contributed by atoms with Crippen LogP contribution in [0.25, 0.3) is 0 Å². The summed E-state index contributed by atoms with van der Waals surface area (Å²) >= 11 is 1.69. The summed E-state index contributed by atoms with van der Waals surface area (Å²) in [4.78, 5) is 5.50. The van der Waals surface area contributed by atoms with Gasteiger partial charge in [0.25, 0.3) is 0 Å². The SMILES string of the molecule is CC1=CC(C)N=CS1. The molecule has 0 bridgehead atoms. The Hall–Kier alpha value is -0.240. The number of rotatable bonds is 0. The number of hydrogen-bond acceptors (Lipinski definition) is 2. The number of thioether (sulfide) groups is 1. The molecule has 0 amide bonds. The van der Waals surface area contributed by atoms with Gasteiger partial charge in [-0.1, -0.05) is 17.8 Å². The highest BCUT2D eigenvalue weighted by molar-refractivity contribution is 8.15. The van der Waals surface area contributed by atoms with Crippen molar-refractivity contribution in [1.29, 1.82) is 0 Å². The van der Waals surface area contributed by atoms with E-state index in [0.29, 0.717) is 6.04 Å². The molecular weight excluding hydrogens is 118 g/mol. The average molecular weight is 127 g/mol. The number of hydrogen-bond donors (Lipinski definition) is 0. The Balaban J connectivity index is 2.60. The lowest BCUT2D eigenvalue weighted by atomic mass is 10.3. The van der Waals surface area contributed by atoms with Crippen LogP contribution in [0.1, 0.15) is 13.8 Å². The third kappa shape index (κ3) is 1.37. The van der Waals surface area contributed by atoms with E-state index >= 15 is 0 Å². The van der Waals surface area contributed by atoms with Crippen LogP contribution in [-0.2, 0) is 0 Å². The van der Waals surface area contributed by atoms with Gasteiger partial charge in [0, 0.05) is 0 Å². The standard InChI is InChI=1S/C6H9NS/c1-5-3-6(2)8-4-7-5/h3-5H,1-2H3. The van der Waals surface area contributed by atoms with Crippen LogP contribution in [-0.4, -0.2) is 11.6 Å². The van der Waals surface area contributed by atoms with E-state index in [2.05, 4.69) is 24.9 Å². The van der Waals surface area contributed by atoms with Gasteiger partial charge < -0.3 is 0 Å². The second-order valence-corrected chi connectivity index (χ2v) is 2.98. The first-order chi connectivity index (χ1) is 3.79. The summed E-state index contributed by atoms with van der Waals surface area (Å²) in [5, 5.41) is 0. The highest BCUT2D eigenvalue weighted by Crippen LogP contribution is 2.17. The van der Waals surface area contributed by atoms with Gasteiger partial charge in [0.2, 0.25) is 0 Å². The van der Waals surface area contributed by atoms with Crippen molar-refractivity contribution in [1.82, 2.24) is 0 Å². The second kappa shape index (κ2) is 2.35. The van der Waals surface area contributed by atoms with E-state index in [-0.39, 0.29) is 0 Å². The molecule has 1 atom stereocenters. The zero-order chi connectivity index (χ0) is 5.98. The Bertz CT molecular complexity index is 137. The van der Waals surface area contributed by atoms with Gasteiger partial charge in [-0.05, 0) is 18.8 Å². The summed E-state index contributed by atoms with van der Waals surface area (Å²) in [6, 6.07) is 0.399. The molecule has 1 heterocycles. The van der Waals surface area contributed by atoms with Crippen LogP contribution < -0.4 is 0 Å². The molecule has 1 aliphatic rings. The summed E-state index contributed by atoms with van der Waals surface area (Å²) in [6.45, 7) is 4.19. The van der Waals surface area contributed by atoms with Gasteiger partial charge >= 0.3 is 0 Å². The van der Waals surface area contributed by atoms with Crippen molar-refractivity contribution in [2.75, 3.05) is 0 Å². The van der Waals surface area contributed by atoms with E-state index in [9.17, 15) is 0 Å². The van der Waals surface area contributed by atoms with E-state index < -0.39 is 0 Å². The van der Waals surface area contributed by atoms with Crippen molar-refractivity contribution in [3.05, 3.63) is 11.0 Å². The van der Waals surface area contributed by atoms with Gasteiger partial charge in [0.05, 0.1) is 11.6 Å². The van der Waals surface area contributed by atoms with Crippen molar-refractivity contribution < 1.29 is 0 Å². The molecule has 0 aliphatic carbocycles. The third-order valence-corrected chi connectivity index (χ3v) is 1.75. The zero-order valence-corrected chi connectivity index (χ0v) is 5.90. The Labute approximate surface area is 53.9 Å². The third-order valence-electron chi connectivity index (χ3n) is 1.01. The summed E-state index contributed by atoms with van der Waals surface area (Å²) in [6.07, 6.45) is 2.16. The van der Waals surface area contributed by atoms with Crippen molar-refractivity contribution >= 4 is 17.3 Å². The summed E-state index contributed by atoms with van der Waals surface area (Å²) < 4.78 is 0. The summed E-state index contributed by atoms with van der Waals surface area (Å²) in [5.74, 6) is 0. The van der Waals surface area contributed by atoms with E-state index in [1.54, 1.807) is 11.8 Å². The number of allylic oxidation sites excluding steroid dienone is 1. The van der Waals surface area contributed by atoms with Crippen molar-refractivity contribution in [2.45, 2.75) is 19.9 Å². The topological polar surface area (TPSA) is 12.4 Å². The molecule has 0 N–H and O–H groups in total. The fourth-order valence-electron chi connectivity index (χ4n) is 0.632. The highest BCUT2D eigenvalue weighted by atomic mass is 32.2. The van der Waals surface area contributed by atoms with E-state index in [0.717, 1.165) is 0 Å². The summed E-state index contributed by atoms with van der Waals surface area (Å²) in [7, 11) is 0. The molecule has 0 aromatic rings. The first-order valence-corrected chi connectivity index (χ1v) is 3.54. The van der Waals surface area contributed by atoms with Crippen molar-refractivity contribution in [3.8, 4) is 0 Å². The normalized spacial score (nSPS) is 27.8. The Kier molecular flexibility index (Phi) is 1.73. The van der Waals surface area contributed by atoms with E-state index in [1.807, 2.05) is 5.55 Å². The lowest BCUT2D eigenvalue weighted by Gasteiger charge is -2.05. The Morgan fingerprint density at radius 3 is 2.88 bits per heavy atom. The largest absolute Gasteiger partial charge is 0.279 e. The maximum Gasteiger partial charge on any atom is 0.0668 e. The predicted octanol–water partition coefficient (Wildman–Crippen LogP) is 2.05. The van der Waals surface area contributed by atoms with Gasteiger partial charge in [0.1, 0.15) is 0 Å². The molecule has 0 aromatic heterocycles. The van der Waals surface area contributed by atoms with Crippen LogP contribution in [0.5, 0.6) is 0 Å². The van der Waals surface area contributed by atoms with Gasteiger partial charge in [0.15, 0.2) is 0 Å². The zero-order valence-electron chi connectivity index (χ0n) is 5.09. The van der Waals surface area contributed by atoms with E-state index in [4.69, 9.17) is 0 Å². The average Bonchev–Trinajstić information content (AvgIpc) is 1.64. The molecule has 0 spiro atoms. The summed E-state index contributed by atoms with van der Waals surface area (Å²) in [5.41, 5.74) is 1.90. The van der Waals surface area contributed by atoms with Crippen LogP contribution in [0.2, 0.25) is 0 Å². The first kappa shape index (κ1) is 5.89. The molecule has 1 aliphatic heterocycles. The molecule has 1 nitrogen and oxygen atoms in total. The van der Waals surface area contributed by atoms with Gasteiger partial charge in [-0.2, -0.15) is 0 Å². The predicted molar refractivity (Wildman–Crippen MR) is 39.3 cm³/mol. The maximum atomic E-state index is 4.14. The lowest BCUT2D eigenvalue weighted by molar-refractivity contribution is 0.929. The van der Waals surface area contributed by atoms with Crippen LogP contribution in [0.4, 0.5) is 0 Å². The fraction of sp³-hybridized carbons (Fsp3) is 0.500. The Morgan fingerprint density at radius 1 is 1.75 bits per heavy atom. The quantitative estimate of drug-likeness (QED) is 0.485. The molecular formula is C6H9NS. The van der Waals surface area contributed by atoms with Crippen molar-refractivity contribution in [3.63, 3.8) is 0 Å². The molecule has 2 heteroatoms. The van der Waals surface area contributed by atoms with Crippen LogP contribution in [0.3, 0.4) is 0 Å².